The molecule has 0 radical (unpaired) electrons. The summed E-state index contributed by atoms with van der Waals surface area (Å²) in [4.78, 5) is 12.1. The van der Waals surface area contributed by atoms with Crippen LogP contribution < -0.4 is 10.6 Å². The predicted octanol–water partition coefficient (Wildman–Crippen LogP) is 7.45. The van der Waals surface area contributed by atoms with Gasteiger partial charge in [0.05, 0.1) is 26.3 Å². The minimum Gasteiger partial charge on any atom is -0.457 e. The highest BCUT2D eigenvalue weighted by atomic mass is 35.5. The van der Waals surface area contributed by atoms with Gasteiger partial charge in [0, 0.05) is 11.6 Å². The van der Waals surface area contributed by atoms with Crippen molar-refractivity contribution in [2.24, 2.45) is 0 Å². The highest BCUT2D eigenvalue weighted by Crippen LogP contribution is 2.35. The van der Waals surface area contributed by atoms with E-state index in [4.69, 9.17) is 51.4 Å². The summed E-state index contributed by atoms with van der Waals surface area (Å²) in [6.45, 7) is 0. The van der Waals surface area contributed by atoms with Crippen LogP contribution in [0.1, 0.15) is 11.3 Å². The number of hydrogen-bond acceptors (Lipinski definition) is 3. The van der Waals surface area contributed by atoms with Crippen molar-refractivity contribution in [1.82, 2.24) is 5.32 Å². The summed E-state index contributed by atoms with van der Waals surface area (Å²) in [7, 11) is 0. The molecule has 0 saturated heterocycles. The van der Waals surface area contributed by atoms with Crippen molar-refractivity contribution < 1.29 is 22.4 Å². The average Bonchev–Trinajstić information content (AvgIpc) is 3.18. The molecule has 4 nitrogen and oxygen atoms in total. The van der Waals surface area contributed by atoms with E-state index < -0.39 is 17.6 Å². The second-order valence-electron chi connectivity index (χ2n) is 6.27. The molecular weight excluding hydrogens is 508 g/mol. The summed E-state index contributed by atoms with van der Waals surface area (Å²) >= 11 is 23.0. The first-order valence-corrected chi connectivity index (χ1v) is 10.3. The van der Waals surface area contributed by atoms with Crippen LogP contribution in [0.15, 0.2) is 59.0 Å². The van der Waals surface area contributed by atoms with E-state index in [0.29, 0.717) is 27.1 Å². The van der Waals surface area contributed by atoms with E-state index >= 15 is 0 Å². The van der Waals surface area contributed by atoms with Gasteiger partial charge in [0.15, 0.2) is 5.11 Å². The van der Waals surface area contributed by atoms with Gasteiger partial charge < -0.3 is 9.73 Å². The normalized spacial score (nSPS) is 11.6. The number of benzene rings is 2. The molecular formula is C21H12Cl3F3N2O2S. The largest absolute Gasteiger partial charge is 0.457 e. The van der Waals surface area contributed by atoms with Crippen molar-refractivity contribution in [2.75, 3.05) is 5.32 Å². The maximum Gasteiger partial charge on any atom is 0.416 e. The van der Waals surface area contributed by atoms with Gasteiger partial charge in [-0.15, -0.1) is 0 Å². The third-order valence-corrected chi connectivity index (χ3v) is 5.37. The lowest BCUT2D eigenvalue weighted by Crippen LogP contribution is -2.33. The minimum absolute atomic E-state index is 0.00734. The van der Waals surface area contributed by atoms with E-state index in [2.05, 4.69) is 10.6 Å². The van der Waals surface area contributed by atoms with E-state index in [0.717, 1.165) is 24.3 Å². The Morgan fingerprint density at radius 1 is 1.03 bits per heavy atom. The van der Waals surface area contributed by atoms with Gasteiger partial charge >= 0.3 is 6.18 Å². The molecule has 0 spiro atoms. The zero-order chi connectivity index (χ0) is 23.5. The third kappa shape index (κ3) is 6.04. The van der Waals surface area contributed by atoms with Crippen LogP contribution in [0, 0.1) is 0 Å². The average molecular weight is 520 g/mol. The first-order chi connectivity index (χ1) is 15.0. The monoisotopic (exact) mass is 518 g/mol. The Hall–Kier alpha value is -2.52. The van der Waals surface area contributed by atoms with Gasteiger partial charge in [-0.25, -0.2) is 0 Å². The van der Waals surface area contributed by atoms with Crippen LogP contribution in [0.5, 0.6) is 0 Å². The molecule has 0 aliphatic carbocycles. The van der Waals surface area contributed by atoms with Gasteiger partial charge in [0.1, 0.15) is 11.5 Å². The molecule has 0 saturated carbocycles. The molecule has 0 fully saturated rings. The second kappa shape index (κ2) is 9.95. The summed E-state index contributed by atoms with van der Waals surface area (Å²) in [5.41, 5.74) is -0.414. The van der Waals surface area contributed by atoms with Crippen LogP contribution >= 0.6 is 47.0 Å². The number of carbonyl (C=O) groups excluding carboxylic acids is 1. The highest BCUT2D eigenvalue weighted by Gasteiger charge is 2.31. The second-order valence-corrected chi connectivity index (χ2v) is 7.87. The fourth-order valence-electron chi connectivity index (χ4n) is 2.54. The van der Waals surface area contributed by atoms with Crippen molar-refractivity contribution in [3.8, 4) is 11.3 Å². The van der Waals surface area contributed by atoms with Crippen molar-refractivity contribution in [3.05, 3.63) is 81.0 Å². The van der Waals surface area contributed by atoms with Crippen molar-refractivity contribution in [2.45, 2.75) is 6.18 Å². The summed E-state index contributed by atoms with van der Waals surface area (Å²) < 4.78 is 44.2. The number of hydrogen-bond donors (Lipinski definition) is 2. The lowest BCUT2D eigenvalue weighted by molar-refractivity contribution is -0.137. The van der Waals surface area contributed by atoms with Gasteiger partial charge in [0.25, 0.3) is 0 Å². The number of halogens is 6. The first-order valence-electron chi connectivity index (χ1n) is 8.75. The number of carbonyl (C=O) groups is 1. The van der Waals surface area contributed by atoms with Gasteiger partial charge in [-0.1, -0.05) is 40.9 Å². The van der Waals surface area contributed by atoms with E-state index in [1.54, 1.807) is 30.3 Å². The molecule has 0 unspecified atom stereocenters. The number of anilines is 1. The summed E-state index contributed by atoms with van der Waals surface area (Å²) in [5.74, 6) is 0.171. The lowest BCUT2D eigenvalue weighted by atomic mass is 10.2. The molecule has 1 aromatic heterocycles. The summed E-state index contributed by atoms with van der Waals surface area (Å²) in [6, 6.07) is 11.1. The molecule has 3 aromatic rings. The van der Waals surface area contributed by atoms with E-state index in [-0.39, 0.29) is 15.8 Å². The van der Waals surface area contributed by atoms with E-state index in [1.165, 1.54) is 6.08 Å². The topological polar surface area (TPSA) is 54.3 Å². The van der Waals surface area contributed by atoms with Crippen LogP contribution in [0.2, 0.25) is 15.1 Å². The Balaban J connectivity index is 1.63. The quantitative estimate of drug-likeness (QED) is 0.278. The molecule has 0 bridgehead atoms. The Morgan fingerprint density at radius 2 is 1.78 bits per heavy atom. The Morgan fingerprint density at radius 3 is 2.50 bits per heavy atom. The zero-order valence-corrected chi connectivity index (χ0v) is 18.9. The van der Waals surface area contributed by atoms with Crippen LogP contribution in [0.3, 0.4) is 0 Å². The number of thiocarbonyl (C=S) groups is 1. The molecule has 2 aromatic carbocycles. The molecule has 1 heterocycles. The van der Waals surface area contributed by atoms with Crippen molar-refractivity contribution in [1.29, 1.82) is 0 Å². The lowest BCUT2D eigenvalue weighted by Gasteiger charge is -2.13. The first kappa shape index (κ1) is 24.1. The third-order valence-electron chi connectivity index (χ3n) is 4.02. The van der Waals surface area contributed by atoms with Crippen molar-refractivity contribution in [3.63, 3.8) is 0 Å². The molecule has 1 amide bonds. The number of alkyl halides is 3. The molecule has 3 rings (SSSR count). The number of amides is 1. The van der Waals surface area contributed by atoms with Crippen LogP contribution in [0.4, 0.5) is 18.9 Å². The van der Waals surface area contributed by atoms with Gasteiger partial charge in [-0.3, -0.25) is 10.1 Å². The molecule has 0 atom stereocenters. The Kier molecular flexibility index (Phi) is 7.51. The smallest absolute Gasteiger partial charge is 0.416 e. The minimum atomic E-state index is -4.55. The molecule has 166 valence electrons. The molecule has 2 N–H and O–H groups in total. The Labute approximate surface area is 201 Å². The standard InChI is InChI=1S/C21H12Cl3F3N2O2S/c22-14-7-4-11(21(25,26)27)10-16(14)28-20(32)29-18(30)9-6-12-5-8-17(31-12)13-2-1-3-15(23)19(13)24/h1-10H,(H2,28,29,30,32). The van der Waals surface area contributed by atoms with E-state index in [1.807, 2.05) is 0 Å². The number of rotatable bonds is 4. The predicted molar refractivity (Wildman–Crippen MR) is 124 cm³/mol. The van der Waals surface area contributed by atoms with Gasteiger partial charge in [0.2, 0.25) is 5.91 Å². The van der Waals surface area contributed by atoms with Gasteiger partial charge in [-0.2, -0.15) is 13.2 Å². The van der Waals surface area contributed by atoms with E-state index in [9.17, 15) is 18.0 Å². The zero-order valence-electron chi connectivity index (χ0n) is 15.8. The number of nitrogens with one attached hydrogen (secondary N) is 2. The van der Waals surface area contributed by atoms with Gasteiger partial charge in [-0.05, 0) is 60.8 Å². The fraction of sp³-hybridized carbons (Fsp3) is 0.0476. The highest BCUT2D eigenvalue weighted by molar-refractivity contribution is 7.80. The SMILES string of the molecule is O=C(C=Cc1ccc(-c2cccc(Cl)c2Cl)o1)NC(=S)Nc1cc(C(F)(F)F)ccc1Cl. The number of furan rings is 1. The maximum atomic E-state index is 12.9. The van der Waals surface area contributed by atoms with Crippen molar-refractivity contribution >= 4 is 69.8 Å². The Bertz CT molecular complexity index is 1210. The summed E-state index contributed by atoms with van der Waals surface area (Å²) in [6.07, 6.45) is -2.02. The van der Waals surface area contributed by atoms with Crippen LogP contribution in [-0.2, 0) is 11.0 Å². The summed E-state index contributed by atoms with van der Waals surface area (Å²) in [5, 5.41) is 5.27. The fourth-order valence-corrected chi connectivity index (χ4v) is 3.31. The molecule has 32 heavy (non-hydrogen) atoms. The van der Waals surface area contributed by atoms with Crippen LogP contribution in [-0.4, -0.2) is 11.0 Å². The molecule has 0 aliphatic rings. The molecule has 11 heteroatoms. The molecule has 0 aliphatic heterocycles. The van der Waals surface area contributed by atoms with Crippen LogP contribution in [0.25, 0.3) is 17.4 Å². The maximum absolute atomic E-state index is 12.9.